The van der Waals surface area contributed by atoms with Crippen LogP contribution in [0.1, 0.15) is 48.8 Å². The van der Waals surface area contributed by atoms with Crippen molar-refractivity contribution >= 4 is 23.1 Å². The van der Waals surface area contributed by atoms with Crippen molar-refractivity contribution in [2.75, 3.05) is 0 Å². The summed E-state index contributed by atoms with van der Waals surface area (Å²) >= 11 is 3.47. The molecule has 0 radical (unpaired) electrons. The summed E-state index contributed by atoms with van der Waals surface area (Å²) in [6, 6.07) is 0.567. The van der Waals surface area contributed by atoms with Gasteiger partial charge in [-0.25, -0.2) is 4.98 Å². The first-order chi connectivity index (χ1) is 9.81. The first-order valence-corrected chi connectivity index (χ1v) is 8.88. The molecule has 108 valence electrons. The molecule has 2 N–H and O–H groups in total. The van der Waals surface area contributed by atoms with Gasteiger partial charge < -0.3 is 10.3 Å². The van der Waals surface area contributed by atoms with E-state index in [2.05, 4.69) is 32.1 Å². The smallest absolute Gasteiger partial charge is 0.191 e. The molecule has 1 aliphatic carbocycles. The van der Waals surface area contributed by atoms with E-state index in [-0.39, 0.29) is 0 Å². The fraction of sp³-hybridized carbons (Fsp3) is 0.615. The van der Waals surface area contributed by atoms with Gasteiger partial charge in [-0.05, 0) is 25.7 Å². The highest BCUT2D eigenvalue weighted by atomic mass is 32.2. The molecule has 1 fully saturated rings. The third-order valence-corrected chi connectivity index (χ3v) is 5.18. The number of hydrogen-bond acceptors (Lipinski definition) is 6. The van der Waals surface area contributed by atoms with Gasteiger partial charge in [-0.15, -0.1) is 21.5 Å². The molecule has 1 aliphatic rings. The van der Waals surface area contributed by atoms with Crippen molar-refractivity contribution in [3.05, 3.63) is 21.9 Å². The highest BCUT2D eigenvalue weighted by Gasteiger charge is 2.29. The van der Waals surface area contributed by atoms with Gasteiger partial charge in [-0.3, -0.25) is 0 Å². The molecule has 0 aliphatic heterocycles. The summed E-state index contributed by atoms with van der Waals surface area (Å²) < 4.78 is 2.21. The lowest BCUT2D eigenvalue weighted by molar-refractivity contribution is 0.626. The summed E-state index contributed by atoms with van der Waals surface area (Å²) in [5.41, 5.74) is 6.87. The standard InChI is InChI=1S/C13H19N5S2/c1-2-3-12-15-9(7-19-12)8-20-13-17-16-11(6-14)18(13)10-4-5-10/h7,10H,2-6,8,14H2,1H3. The van der Waals surface area contributed by atoms with E-state index >= 15 is 0 Å². The van der Waals surface area contributed by atoms with E-state index in [9.17, 15) is 0 Å². The van der Waals surface area contributed by atoms with Crippen LogP contribution in [-0.4, -0.2) is 19.7 Å². The zero-order valence-electron chi connectivity index (χ0n) is 11.6. The van der Waals surface area contributed by atoms with Crippen molar-refractivity contribution in [2.24, 2.45) is 5.73 Å². The average Bonchev–Trinajstić information content (AvgIpc) is 3.05. The molecule has 0 amide bonds. The van der Waals surface area contributed by atoms with Crippen LogP contribution in [0.25, 0.3) is 0 Å². The lowest BCUT2D eigenvalue weighted by Crippen LogP contribution is -2.08. The van der Waals surface area contributed by atoms with Gasteiger partial charge in [0.25, 0.3) is 0 Å². The number of thiazole rings is 1. The van der Waals surface area contributed by atoms with Gasteiger partial charge in [0.05, 0.1) is 17.2 Å². The Balaban J connectivity index is 1.67. The number of nitrogens with two attached hydrogens (primary N) is 1. The maximum atomic E-state index is 5.73. The Morgan fingerprint density at radius 1 is 1.45 bits per heavy atom. The minimum absolute atomic E-state index is 0.460. The van der Waals surface area contributed by atoms with Crippen LogP contribution < -0.4 is 5.73 Å². The maximum absolute atomic E-state index is 5.73. The van der Waals surface area contributed by atoms with Gasteiger partial charge in [-0.2, -0.15) is 0 Å². The summed E-state index contributed by atoms with van der Waals surface area (Å²) in [4.78, 5) is 4.65. The molecule has 5 nitrogen and oxygen atoms in total. The third-order valence-electron chi connectivity index (χ3n) is 3.24. The summed E-state index contributed by atoms with van der Waals surface area (Å²) in [7, 11) is 0. The predicted octanol–water partition coefficient (Wildman–Crippen LogP) is 2.77. The topological polar surface area (TPSA) is 69.6 Å². The van der Waals surface area contributed by atoms with Gasteiger partial charge in [0.15, 0.2) is 5.16 Å². The normalized spacial score (nSPS) is 14.9. The van der Waals surface area contributed by atoms with Crippen LogP contribution in [0.2, 0.25) is 0 Å². The second-order valence-corrected chi connectivity index (χ2v) is 6.86. The lowest BCUT2D eigenvalue weighted by Gasteiger charge is -2.06. The quantitative estimate of drug-likeness (QED) is 0.796. The van der Waals surface area contributed by atoms with Crippen molar-refractivity contribution in [1.29, 1.82) is 0 Å². The minimum Gasteiger partial charge on any atom is -0.324 e. The number of rotatable bonds is 7. The first kappa shape index (κ1) is 14.0. The number of aromatic nitrogens is 4. The van der Waals surface area contributed by atoms with Crippen molar-refractivity contribution in [3.8, 4) is 0 Å². The largest absolute Gasteiger partial charge is 0.324 e. The third kappa shape index (κ3) is 3.05. The van der Waals surface area contributed by atoms with Crippen molar-refractivity contribution < 1.29 is 0 Å². The Kier molecular flexibility index (Phi) is 4.38. The molecule has 2 aromatic rings. The highest BCUT2D eigenvalue weighted by Crippen LogP contribution is 2.39. The summed E-state index contributed by atoms with van der Waals surface area (Å²) in [5, 5.41) is 12.8. The van der Waals surface area contributed by atoms with E-state index in [0.717, 1.165) is 35.3 Å². The Bertz CT molecular complexity index is 573. The van der Waals surface area contributed by atoms with Crippen LogP contribution in [0.4, 0.5) is 0 Å². The van der Waals surface area contributed by atoms with Gasteiger partial charge in [-0.1, -0.05) is 18.7 Å². The molecule has 0 atom stereocenters. The molecule has 1 saturated carbocycles. The van der Waals surface area contributed by atoms with Crippen molar-refractivity contribution in [3.63, 3.8) is 0 Å². The average molecular weight is 309 g/mol. The number of aryl methyl sites for hydroxylation is 1. The lowest BCUT2D eigenvalue weighted by atomic mass is 10.3. The van der Waals surface area contributed by atoms with E-state index in [1.54, 1.807) is 23.1 Å². The Morgan fingerprint density at radius 3 is 3.00 bits per heavy atom. The number of hydrogen-bond donors (Lipinski definition) is 1. The second kappa shape index (κ2) is 6.24. The summed E-state index contributed by atoms with van der Waals surface area (Å²) in [6.07, 6.45) is 4.66. The predicted molar refractivity (Wildman–Crippen MR) is 81.9 cm³/mol. The first-order valence-electron chi connectivity index (χ1n) is 7.01. The van der Waals surface area contributed by atoms with Crippen molar-refractivity contribution in [1.82, 2.24) is 19.7 Å². The molecule has 0 bridgehead atoms. The molecule has 0 saturated heterocycles. The fourth-order valence-electron chi connectivity index (χ4n) is 2.13. The maximum Gasteiger partial charge on any atom is 0.191 e. The molecular formula is C13H19N5S2. The van der Waals surface area contributed by atoms with Gasteiger partial charge in [0, 0.05) is 17.2 Å². The van der Waals surface area contributed by atoms with E-state index < -0.39 is 0 Å². The van der Waals surface area contributed by atoms with Crippen LogP contribution >= 0.6 is 23.1 Å². The van der Waals surface area contributed by atoms with E-state index in [4.69, 9.17) is 5.73 Å². The zero-order valence-corrected chi connectivity index (χ0v) is 13.2. The van der Waals surface area contributed by atoms with Crippen LogP contribution in [0, 0.1) is 0 Å². The zero-order chi connectivity index (χ0) is 13.9. The van der Waals surface area contributed by atoms with Gasteiger partial charge in [0.2, 0.25) is 0 Å². The van der Waals surface area contributed by atoms with Crippen LogP contribution in [0.3, 0.4) is 0 Å². The SMILES string of the molecule is CCCc1nc(CSc2nnc(CN)n2C2CC2)cs1. The second-order valence-electron chi connectivity index (χ2n) is 4.98. The van der Waals surface area contributed by atoms with Gasteiger partial charge >= 0.3 is 0 Å². The molecule has 0 unspecified atom stereocenters. The Morgan fingerprint density at radius 2 is 2.30 bits per heavy atom. The number of thioether (sulfide) groups is 1. The Hall–Kier alpha value is -0.920. The monoisotopic (exact) mass is 309 g/mol. The van der Waals surface area contributed by atoms with E-state index in [1.165, 1.54) is 17.8 Å². The van der Waals surface area contributed by atoms with Gasteiger partial charge in [0.1, 0.15) is 5.82 Å². The summed E-state index contributed by atoms with van der Waals surface area (Å²) in [5.74, 6) is 1.76. The van der Waals surface area contributed by atoms with Crippen LogP contribution in [0.15, 0.2) is 10.5 Å². The van der Waals surface area contributed by atoms with Crippen molar-refractivity contribution in [2.45, 2.75) is 56.1 Å². The molecule has 2 heterocycles. The molecule has 20 heavy (non-hydrogen) atoms. The summed E-state index contributed by atoms with van der Waals surface area (Å²) in [6.45, 7) is 2.64. The van der Waals surface area contributed by atoms with Crippen LogP contribution in [-0.2, 0) is 18.7 Å². The number of nitrogens with zero attached hydrogens (tertiary/aromatic N) is 4. The Labute approximate surface area is 127 Å². The fourth-order valence-corrected chi connectivity index (χ4v) is 4.05. The van der Waals surface area contributed by atoms with E-state index in [1.807, 2.05) is 0 Å². The molecule has 3 rings (SSSR count). The molecule has 2 aromatic heterocycles. The molecule has 0 spiro atoms. The van der Waals surface area contributed by atoms with Crippen LogP contribution in [0.5, 0.6) is 0 Å². The molecule has 7 heteroatoms. The molecular weight excluding hydrogens is 290 g/mol. The van der Waals surface area contributed by atoms with E-state index in [0.29, 0.717) is 12.6 Å². The minimum atomic E-state index is 0.460. The molecule has 0 aromatic carbocycles. The highest BCUT2D eigenvalue weighted by molar-refractivity contribution is 7.98.